The van der Waals surface area contributed by atoms with E-state index in [4.69, 9.17) is 0 Å². The minimum Gasteiger partial charge on any atom is -0.480 e. The topological polar surface area (TPSA) is 505 Å². The van der Waals surface area contributed by atoms with Crippen molar-refractivity contribution in [2.75, 3.05) is 46.6 Å². The summed E-state index contributed by atoms with van der Waals surface area (Å²) in [4.78, 5) is 75.4. The Morgan fingerprint density at radius 3 is 0.976 bits per heavy atom. The van der Waals surface area contributed by atoms with Crippen molar-refractivity contribution >= 4 is 360 Å². The van der Waals surface area contributed by atoms with Crippen molar-refractivity contribution in [2.24, 2.45) is 9.98 Å². The van der Waals surface area contributed by atoms with E-state index in [2.05, 4.69) is 50.5 Å². The molecule has 0 amide bonds. The Morgan fingerprint density at radius 1 is 0.440 bits per heavy atom. The fourth-order valence-electron chi connectivity index (χ4n) is 6.35. The first kappa shape index (κ1) is 87.2. The van der Waals surface area contributed by atoms with Gasteiger partial charge in [0.15, 0.2) is 0 Å². The number of benzene rings is 4. The van der Waals surface area contributed by atoms with E-state index in [1.807, 2.05) is 0 Å². The second-order valence-corrected chi connectivity index (χ2v) is 20.7. The maximum Gasteiger partial charge on any atom is 0.323 e. The van der Waals surface area contributed by atoms with Gasteiger partial charge in [0.1, 0.15) is 36.0 Å². The second kappa shape index (κ2) is 38.0. The molecule has 0 spiro atoms. The predicted molar refractivity (Wildman–Crippen MR) is 305 cm³/mol. The molecule has 84 heavy (non-hydrogen) atoms. The summed E-state index contributed by atoms with van der Waals surface area (Å²) < 4.78 is 136. The van der Waals surface area contributed by atoms with Crippen LogP contribution >= 0.6 is 0 Å². The van der Waals surface area contributed by atoms with Crippen LogP contribution in [0.2, 0.25) is 0 Å². The first-order chi connectivity index (χ1) is 35.4. The van der Waals surface area contributed by atoms with Gasteiger partial charge in [-0.3, -0.25) is 47.4 Å². The minimum absolute atomic E-state index is 0. The number of nitrogens with zero attached hydrogens (tertiary/aromatic N) is 8. The molecule has 12 N–H and O–H groups in total. The molecule has 2 aromatic heterocycles. The summed E-state index contributed by atoms with van der Waals surface area (Å²) in [6.07, 6.45) is 2.02. The van der Waals surface area contributed by atoms with Crippen molar-refractivity contribution < 1.29 is 91.5 Å². The third kappa shape index (κ3) is 27.2. The van der Waals surface area contributed by atoms with Crippen LogP contribution in [0.1, 0.15) is 11.1 Å². The number of rotatable bonds is 22. The standard InChI is InChI=1S/C40H36N12O20S4.8Na/c53-31(54)17-51(18-32(55)56)39-47-35(41-23-7-11-27(12-8-23)73(61,62)63)45-37(49-39)43-25-5-3-21(29(15-25)75(67,68)69)1-2-22-4-6-26(16-30(22)76(70,71)72)44-38-46-36(42-24-9-13-28(14-10-24)74(64,65)66)48-40(50-38)52(19-33(57)58)20-34(59)60;;;;;;;;/h1-16H,17-20H2,(H,53,54)(H,55,56)(H,57,58)(H,59,60)(H,61,62,63)(H,64,65,66)(H,67,68,69)(H,70,71,72)(H2,41,43,45,47,49)(H2,42,44,46,48,50);;;;;;;;. The molecule has 0 aliphatic heterocycles. The van der Waals surface area contributed by atoms with E-state index >= 15 is 0 Å². The van der Waals surface area contributed by atoms with Crippen molar-refractivity contribution in [1.82, 2.24) is 29.9 Å². The molecule has 8 radical (unpaired) electrons. The van der Waals surface area contributed by atoms with Gasteiger partial charge in [-0.15, -0.1) is 0 Å². The van der Waals surface area contributed by atoms with Crippen molar-refractivity contribution in [3.63, 3.8) is 0 Å². The third-order valence-corrected chi connectivity index (χ3v) is 13.0. The number of H-pyrrole nitrogens is 2. The van der Waals surface area contributed by atoms with E-state index < -0.39 is 145 Å². The number of aromatic amines is 2. The number of aliphatic carboxylic acids is 4. The van der Waals surface area contributed by atoms with Gasteiger partial charge in [-0.05, 0) is 83.9 Å². The number of hydrogen-bond acceptors (Lipinski definition) is 22. The summed E-state index contributed by atoms with van der Waals surface area (Å²) in [5.74, 6) is -7.69. The number of nitrogens with one attached hydrogen (secondary N) is 4. The molecule has 6 aromatic rings. The van der Waals surface area contributed by atoms with Crippen molar-refractivity contribution in [3.05, 3.63) is 107 Å². The van der Waals surface area contributed by atoms with Crippen LogP contribution in [0.4, 0.5) is 46.5 Å². The molecule has 44 heteroatoms. The van der Waals surface area contributed by atoms with Crippen LogP contribution in [0.3, 0.4) is 0 Å². The minimum atomic E-state index is -5.17. The van der Waals surface area contributed by atoms with Gasteiger partial charge in [0.05, 0.1) is 21.2 Å². The predicted octanol–water partition coefficient (Wildman–Crippen LogP) is -2.06. The maximum atomic E-state index is 12.8. The fraction of sp³-hybridized carbons (Fsp3) is 0.100. The summed E-state index contributed by atoms with van der Waals surface area (Å²) in [7, 11) is -19.5. The number of hydrogen-bond donors (Lipinski definition) is 12. The van der Waals surface area contributed by atoms with E-state index in [-0.39, 0.29) is 270 Å². The maximum absolute atomic E-state index is 12.8. The molecule has 0 bridgehead atoms. The normalized spacial score (nSPS) is 11.4. The third-order valence-electron chi connectivity index (χ3n) is 9.48. The van der Waals surface area contributed by atoms with E-state index in [1.165, 1.54) is 36.4 Å². The van der Waals surface area contributed by atoms with Gasteiger partial charge in [0, 0.05) is 248 Å². The first-order valence-corrected chi connectivity index (χ1v) is 26.2. The van der Waals surface area contributed by atoms with Crippen LogP contribution in [-0.2, 0) is 59.7 Å². The Hall–Kier alpha value is -1.04. The Kier molecular flexibility index (Phi) is 39.4. The number of carboxylic acid groups (broad SMARTS) is 4. The summed E-state index contributed by atoms with van der Waals surface area (Å²) in [5.41, 5.74) is -1.96. The summed E-state index contributed by atoms with van der Waals surface area (Å²) in [5, 5.41) is 43.2. The van der Waals surface area contributed by atoms with Crippen molar-refractivity contribution in [1.29, 1.82) is 0 Å². The fourth-order valence-corrected chi connectivity index (χ4v) is 8.72. The second-order valence-electron chi connectivity index (χ2n) is 15.1. The summed E-state index contributed by atoms with van der Waals surface area (Å²) >= 11 is 0. The van der Waals surface area contributed by atoms with Crippen LogP contribution in [0, 0.1) is 0 Å². The Balaban J connectivity index is -0.00000820. The molecular formula is C40H36N12Na8O20S4. The van der Waals surface area contributed by atoms with Crippen LogP contribution in [0.5, 0.6) is 0 Å². The molecule has 0 saturated carbocycles. The molecule has 0 aliphatic rings. The van der Waals surface area contributed by atoms with E-state index in [1.54, 1.807) is 0 Å². The zero-order valence-electron chi connectivity index (χ0n) is 45.8. The molecule has 32 nitrogen and oxygen atoms in total. The van der Waals surface area contributed by atoms with Gasteiger partial charge in [-0.2, -0.15) is 53.6 Å². The molecular weight excluding hydrogens is 1280 g/mol. The molecule has 4 aromatic carbocycles. The average Bonchev–Trinajstić information content (AvgIpc) is 3.29. The number of anilines is 6. The van der Waals surface area contributed by atoms with Crippen LogP contribution in [-0.4, -0.2) is 389 Å². The SMILES string of the molecule is O=C(O)CN(CC(=O)O)c1nc(Nc2ccc(S(=O)(=O)O)cc2)nc(=Nc2ccc(C=Cc3ccc(N=c4nc(Nc5ccc(S(=O)(=O)O)cc5)nc(N(CC(=O)O)CC(=O)O)[nH]4)cc3S(=O)(=O)O)c(S(=O)(=O)O)c2)[nH]1.[Na].[Na].[Na].[Na].[Na].[Na].[Na].[Na]. The van der Waals surface area contributed by atoms with Crippen LogP contribution in [0.25, 0.3) is 12.2 Å². The largest absolute Gasteiger partial charge is 0.480 e. The van der Waals surface area contributed by atoms with Gasteiger partial charge in [-0.1, -0.05) is 24.3 Å². The van der Waals surface area contributed by atoms with Gasteiger partial charge in [-0.25, -0.2) is 9.98 Å². The smallest absolute Gasteiger partial charge is 0.323 e. The summed E-state index contributed by atoms with van der Waals surface area (Å²) in [6.45, 7) is -3.72. The molecule has 0 saturated heterocycles. The number of aromatic nitrogens is 6. The molecule has 0 fully saturated rings. The molecule has 0 aliphatic carbocycles. The number of carbonyl (C=O) groups is 4. The van der Waals surface area contributed by atoms with Crippen molar-refractivity contribution in [2.45, 2.75) is 19.6 Å². The molecule has 2 heterocycles. The monoisotopic (exact) mass is 1320 g/mol. The Labute approximate surface area is 653 Å². The molecule has 0 atom stereocenters. The Bertz CT molecular complexity index is 3680. The van der Waals surface area contributed by atoms with Gasteiger partial charge >= 0.3 is 23.9 Å². The zero-order valence-corrected chi connectivity index (χ0v) is 65.0. The van der Waals surface area contributed by atoms with Crippen LogP contribution in [0.15, 0.2) is 114 Å². The quantitative estimate of drug-likeness (QED) is 0.0197. The molecule has 0 unspecified atom stereocenters. The van der Waals surface area contributed by atoms with Gasteiger partial charge in [0.25, 0.3) is 40.5 Å². The summed E-state index contributed by atoms with van der Waals surface area (Å²) in [6, 6.07) is 14.9. The molecule has 408 valence electrons. The van der Waals surface area contributed by atoms with E-state index in [0.29, 0.717) is 0 Å². The van der Waals surface area contributed by atoms with Crippen LogP contribution < -0.4 is 31.7 Å². The molecule has 6 rings (SSSR count). The van der Waals surface area contributed by atoms with Crippen molar-refractivity contribution in [3.8, 4) is 0 Å². The zero-order chi connectivity index (χ0) is 55.9. The van der Waals surface area contributed by atoms with Gasteiger partial charge < -0.3 is 40.9 Å². The van der Waals surface area contributed by atoms with E-state index in [9.17, 15) is 91.5 Å². The van der Waals surface area contributed by atoms with Gasteiger partial charge in [0.2, 0.25) is 35.0 Å². The number of carboxylic acids is 4. The Morgan fingerprint density at radius 2 is 0.726 bits per heavy atom. The average molecular weight is 1320 g/mol. The first-order valence-electron chi connectivity index (χ1n) is 20.4. The van der Waals surface area contributed by atoms with E-state index in [0.717, 1.165) is 70.5 Å².